The Balaban J connectivity index is 1.25. The molecule has 3 aliphatic carbocycles. The minimum atomic E-state index is -0.951. The Morgan fingerprint density at radius 3 is 2.86 bits per heavy atom. The summed E-state index contributed by atoms with van der Waals surface area (Å²) < 4.78 is 6.60. The summed E-state index contributed by atoms with van der Waals surface area (Å²) in [5, 5.41) is 24.0. The number of phenolic OH excluding ortho intramolecular Hbond substituents is 1. The van der Waals surface area contributed by atoms with Gasteiger partial charge in [-0.2, -0.15) is 0 Å². The number of amides is 1. The van der Waals surface area contributed by atoms with E-state index in [9.17, 15) is 15.0 Å². The number of carbonyl (C=O) groups is 1. The molecule has 194 valence electrons. The number of nitrogens with zero attached hydrogens (tertiary/aromatic N) is 2. The van der Waals surface area contributed by atoms with Crippen LogP contribution < -0.4 is 4.74 Å². The van der Waals surface area contributed by atoms with E-state index < -0.39 is 17.1 Å². The van der Waals surface area contributed by atoms with Crippen molar-refractivity contribution in [2.75, 3.05) is 20.1 Å². The van der Waals surface area contributed by atoms with Crippen molar-refractivity contribution in [1.82, 2.24) is 9.80 Å². The molecule has 1 saturated heterocycles. The minimum absolute atomic E-state index is 0.0284. The molecule has 1 spiro atoms. The van der Waals surface area contributed by atoms with Crippen LogP contribution in [0.1, 0.15) is 48.8 Å². The second-order valence-corrected chi connectivity index (χ2v) is 12.2. The van der Waals surface area contributed by atoms with E-state index in [0.717, 1.165) is 43.0 Å². The van der Waals surface area contributed by atoms with Crippen molar-refractivity contribution < 1.29 is 19.7 Å². The average molecular weight is 521 g/mol. The van der Waals surface area contributed by atoms with Gasteiger partial charge in [-0.1, -0.05) is 29.8 Å². The lowest BCUT2D eigenvalue weighted by Gasteiger charge is -2.64. The van der Waals surface area contributed by atoms with E-state index in [4.69, 9.17) is 16.3 Å². The third-order valence-corrected chi connectivity index (χ3v) is 10.1. The van der Waals surface area contributed by atoms with Gasteiger partial charge in [0.05, 0.1) is 17.1 Å². The second kappa shape index (κ2) is 8.23. The fourth-order valence-corrected chi connectivity index (χ4v) is 8.11. The van der Waals surface area contributed by atoms with Crippen LogP contribution >= 0.6 is 11.6 Å². The molecule has 7 rings (SSSR count). The molecule has 2 N–H and O–H groups in total. The molecule has 7 heteroatoms. The van der Waals surface area contributed by atoms with Crippen LogP contribution in [0.3, 0.4) is 0 Å². The Morgan fingerprint density at radius 1 is 1.24 bits per heavy atom. The molecule has 3 fully saturated rings. The number of halogens is 1. The van der Waals surface area contributed by atoms with Crippen LogP contribution in [0.15, 0.2) is 42.5 Å². The molecule has 6 nitrogen and oxygen atoms in total. The van der Waals surface area contributed by atoms with Crippen LogP contribution in [0.4, 0.5) is 0 Å². The number of likely N-dealkylation sites (N-methyl/N-ethyl adjacent to an activating group) is 1. The Labute approximate surface area is 222 Å². The molecule has 5 unspecified atom stereocenters. The monoisotopic (exact) mass is 520 g/mol. The van der Waals surface area contributed by atoms with Gasteiger partial charge in [0.25, 0.3) is 0 Å². The van der Waals surface area contributed by atoms with Gasteiger partial charge >= 0.3 is 0 Å². The summed E-state index contributed by atoms with van der Waals surface area (Å²) >= 11 is 6.10. The Bertz CT molecular complexity index is 1310. The van der Waals surface area contributed by atoms with Gasteiger partial charge in [-0.25, -0.2) is 0 Å². The fourth-order valence-electron chi connectivity index (χ4n) is 7.91. The van der Waals surface area contributed by atoms with Gasteiger partial charge in [-0.05, 0) is 86.4 Å². The number of rotatable bonds is 5. The highest BCUT2D eigenvalue weighted by atomic mass is 35.5. The molecular formula is C30H33ClN2O4. The number of hydrogen-bond acceptors (Lipinski definition) is 5. The molecular weight excluding hydrogens is 488 g/mol. The van der Waals surface area contributed by atoms with E-state index in [1.165, 1.54) is 18.4 Å². The second-order valence-electron chi connectivity index (χ2n) is 11.7. The van der Waals surface area contributed by atoms with Crippen LogP contribution in [0.2, 0.25) is 5.02 Å². The molecule has 2 heterocycles. The van der Waals surface area contributed by atoms with Gasteiger partial charge in [0.2, 0.25) is 5.91 Å². The van der Waals surface area contributed by atoms with Gasteiger partial charge in [0.1, 0.15) is 6.10 Å². The zero-order chi connectivity index (χ0) is 25.5. The van der Waals surface area contributed by atoms with Crippen LogP contribution in [0.25, 0.3) is 6.08 Å². The minimum Gasteiger partial charge on any atom is -0.504 e. The van der Waals surface area contributed by atoms with Gasteiger partial charge in [-0.3, -0.25) is 9.69 Å². The average Bonchev–Trinajstić information content (AvgIpc) is 3.62. The fraction of sp³-hybridized carbons (Fsp3) is 0.500. The van der Waals surface area contributed by atoms with E-state index in [-0.39, 0.29) is 23.7 Å². The van der Waals surface area contributed by atoms with Crippen LogP contribution in [-0.2, 0) is 16.6 Å². The third-order valence-electron chi connectivity index (χ3n) is 9.84. The molecule has 0 aromatic heterocycles. The summed E-state index contributed by atoms with van der Waals surface area (Å²) in [4.78, 5) is 17.6. The molecule has 0 radical (unpaired) electrons. The Hall–Kier alpha value is -2.54. The molecule has 5 atom stereocenters. The lowest BCUT2D eigenvalue weighted by atomic mass is 9.48. The van der Waals surface area contributed by atoms with Gasteiger partial charge < -0.3 is 19.8 Å². The molecule has 1 amide bonds. The molecule has 2 aliphatic heterocycles. The largest absolute Gasteiger partial charge is 0.504 e. The number of aromatic hydroxyl groups is 1. The Kier molecular flexibility index (Phi) is 5.24. The van der Waals surface area contributed by atoms with E-state index in [1.54, 1.807) is 23.1 Å². The number of hydrogen-bond donors (Lipinski definition) is 2. The third kappa shape index (κ3) is 3.35. The summed E-state index contributed by atoms with van der Waals surface area (Å²) in [6.45, 7) is 1.95. The molecule has 2 saturated carbocycles. The standard InChI is InChI=1S/C30H33ClN2O4/c1-32(25(35)10-7-18-3-2-4-21(31)15-18)22-11-12-30(36)24-16-20-8-9-23(34)27-26(20)29(30,28(22)37-27)13-14-33(24)17-19-5-6-19/h2-4,7-10,15,19,22,24,28,34,36H,5-6,11-14,16-17H2,1H3/b10-7+. The summed E-state index contributed by atoms with van der Waals surface area (Å²) in [5.41, 5.74) is 1.44. The van der Waals surface area contributed by atoms with Crippen LogP contribution in [0, 0.1) is 5.92 Å². The molecule has 5 aliphatic rings. The van der Waals surface area contributed by atoms with E-state index in [1.807, 2.05) is 37.4 Å². The number of ether oxygens (including phenoxy) is 1. The van der Waals surface area contributed by atoms with E-state index in [2.05, 4.69) is 4.90 Å². The number of benzene rings is 2. The molecule has 2 bridgehead atoms. The molecule has 37 heavy (non-hydrogen) atoms. The Morgan fingerprint density at radius 2 is 2.08 bits per heavy atom. The summed E-state index contributed by atoms with van der Waals surface area (Å²) in [5.74, 6) is 1.26. The number of carbonyl (C=O) groups excluding carboxylic acids is 1. The summed E-state index contributed by atoms with van der Waals surface area (Å²) in [6.07, 6.45) is 8.30. The van der Waals surface area contributed by atoms with Crippen molar-refractivity contribution in [2.45, 2.75) is 67.7 Å². The van der Waals surface area contributed by atoms with Crippen molar-refractivity contribution in [2.24, 2.45) is 5.92 Å². The lowest BCUT2D eigenvalue weighted by Crippen LogP contribution is -2.78. The van der Waals surface area contributed by atoms with Crippen molar-refractivity contribution in [3.8, 4) is 11.5 Å². The normalized spacial score (nSPS) is 33.8. The quantitative estimate of drug-likeness (QED) is 0.579. The van der Waals surface area contributed by atoms with Crippen molar-refractivity contribution in [3.05, 3.63) is 64.2 Å². The highest BCUT2D eigenvalue weighted by molar-refractivity contribution is 6.30. The number of aliphatic hydroxyl groups is 1. The first kappa shape index (κ1) is 23.6. The maximum absolute atomic E-state index is 13.4. The molecule has 2 aromatic carbocycles. The zero-order valence-corrected chi connectivity index (χ0v) is 21.8. The number of phenols is 1. The summed E-state index contributed by atoms with van der Waals surface area (Å²) in [6, 6.07) is 11.0. The van der Waals surface area contributed by atoms with Crippen molar-refractivity contribution >= 4 is 23.6 Å². The van der Waals surface area contributed by atoms with Crippen molar-refractivity contribution in [1.29, 1.82) is 0 Å². The number of piperidine rings is 1. The predicted octanol–water partition coefficient (Wildman–Crippen LogP) is 4.15. The zero-order valence-electron chi connectivity index (χ0n) is 21.1. The highest BCUT2D eigenvalue weighted by Crippen LogP contribution is 2.66. The maximum Gasteiger partial charge on any atom is 0.246 e. The van der Waals surface area contributed by atoms with Gasteiger partial charge in [-0.15, -0.1) is 0 Å². The van der Waals surface area contributed by atoms with Gasteiger partial charge in [0, 0.05) is 36.3 Å². The lowest BCUT2D eigenvalue weighted by molar-refractivity contribution is -0.200. The van der Waals surface area contributed by atoms with E-state index in [0.29, 0.717) is 23.6 Å². The summed E-state index contributed by atoms with van der Waals surface area (Å²) in [7, 11) is 1.83. The first-order valence-electron chi connectivity index (χ1n) is 13.5. The smallest absolute Gasteiger partial charge is 0.246 e. The molecule has 2 aromatic rings. The number of likely N-dealkylation sites (tertiary alicyclic amines) is 1. The van der Waals surface area contributed by atoms with Crippen molar-refractivity contribution in [3.63, 3.8) is 0 Å². The van der Waals surface area contributed by atoms with Gasteiger partial charge in [0.15, 0.2) is 11.5 Å². The topological polar surface area (TPSA) is 73.2 Å². The first-order valence-corrected chi connectivity index (χ1v) is 13.9. The maximum atomic E-state index is 13.4. The first-order chi connectivity index (χ1) is 17.8. The van der Waals surface area contributed by atoms with E-state index >= 15 is 0 Å². The predicted molar refractivity (Wildman–Crippen MR) is 142 cm³/mol. The van der Waals surface area contributed by atoms with Crippen LogP contribution in [0.5, 0.6) is 11.5 Å². The van der Waals surface area contributed by atoms with Crippen LogP contribution in [-0.4, -0.2) is 69.8 Å². The highest BCUT2D eigenvalue weighted by Gasteiger charge is 2.73. The SMILES string of the molecule is CN(C(=O)/C=C/c1cccc(Cl)c1)C1CCC2(O)C3Cc4ccc(O)c5c4C2(CCN3CC2CC2)C1O5.